The van der Waals surface area contributed by atoms with Crippen LogP contribution in [0, 0.1) is 5.82 Å². The van der Waals surface area contributed by atoms with Crippen LogP contribution in [0.2, 0.25) is 0 Å². The Kier molecular flexibility index (Phi) is 19.0. The Morgan fingerprint density at radius 3 is 1.75 bits per heavy atom. The molecular formula is C20H32FKO2. The number of aryl methyl sites for hydroxylation is 1. The minimum atomic E-state index is -0.149. The fourth-order valence-electron chi connectivity index (χ4n) is 2.76. The summed E-state index contributed by atoms with van der Waals surface area (Å²) in [6.45, 7) is 0.987. The van der Waals surface area contributed by atoms with Crippen molar-refractivity contribution in [2.45, 2.75) is 70.6 Å². The summed E-state index contributed by atoms with van der Waals surface area (Å²) in [7, 11) is 0. The molecule has 0 aliphatic carbocycles. The molecule has 0 saturated carbocycles. The van der Waals surface area contributed by atoms with Crippen molar-refractivity contribution in [1.29, 1.82) is 0 Å². The maximum Gasteiger partial charge on any atom is 1.00 e. The summed E-state index contributed by atoms with van der Waals surface area (Å²) in [5.74, 6) is -0.149. The van der Waals surface area contributed by atoms with Crippen LogP contribution in [-0.2, 0) is 11.2 Å². The molecule has 0 radical (unpaired) electrons. The van der Waals surface area contributed by atoms with E-state index in [0.717, 1.165) is 19.4 Å². The summed E-state index contributed by atoms with van der Waals surface area (Å²) in [5.41, 5.74) is 1.24. The Morgan fingerprint density at radius 1 is 0.708 bits per heavy atom. The number of halogens is 1. The van der Waals surface area contributed by atoms with Gasteiger partial charge in [-0.1, -0.05) is 63.5 Å². The van der Waals surface area contributed by atoms with Crippen LogP contribution < -0.4 is 56.5 Å². The van der Waals surface area contributed by atoms with E-state index in [0.29, 0.717) is 6.61 Å². The van der Waals surface area contributed by atoms with Crippen LogP contribution in [0.3, 0.4) is 0 Å². The Labute approximate surface area is 190 Å². The molecule has 1 rings (SSSR count). The van der Waals surface area contributed by atoms with Crippen molar-refractivity contribution in [3.63, 3.8) is 0 Å². The average molecular weight is 363 g/mol. The number of rotatable bonds is 15. The van der Waals surface area contributed by atoms with E-state index in [-0.39, 0.29) is 63.8 Å². The first-order valence-corrected chi connectivity index (χ1v) is 9.23. The Hall–Kier alpha value is 0.706. The molecule has 132 valence electrons. The van der Waals surface area contributed by atoms with Gasteiger partial charge in [0.15, 0.2) is 0 Å². The van der Waals surface area contributed by atoms with E-state index in [2.05, 4.69) is 0 Å². The van der Waals surface area contributed by atoms with Crippen molar-refractivity contribution in [3.8, 4) is 0 Å². The van der Waals surface area contributed by atoms with Crippen LogP contribution in [0.25, 0.3) is 0 Å². The van der Waals surface area contributed by atoms with Gasteiger partial charge in [-0.15, -0.1) is 6.61 Å². The van der Waals surface area contributed by atoms with Gasteiger partial charge in [-0.25, -0.2) is 4.39 Å². The third-order valence-corrected chi connectivity index (χ3v) is 4.15. The van der Waals surface area contributed by atoms with Crippen LogP contribution in [0.15, 0.2) is 24.3 Å². The van der Waals surface area contributed by atoms with Crippen LogP contribution in [0.4, 0.5) is 4.39 Å². The van der Waals surface area contributed by atoms with Crippen LogP contribution in [-0.4, -0.2) is 19.8 Å². The van der Waals surface area contributed by atoms with Gasteiger partial charge in [-0.3, -0.25) is 0 Å². The molecular weight excluding hydrogens is 330 g/mol. The molecule has 0 amide bonds. The normalized spacial score (nSPS) is 10.6. The minimum absolute atomic E-state index is 0. The number of ether oxygens (including phenoxy) is 1. The molecule has 0 bridgehead atoms. The molecule has 0 unspecified atom stereocenters. The number of hydrogen-bond acceptors (Lipinski definition) is 2. The number of unbranched alkanes of at least 4 members (excludes halogenated alkanes) is 9. The minimum Gasteiger partial charge on any atom is -0.853 e. The standard InChI is InChI=1S/C20H32FO2.K/c21-20-14-12-19(13-15-20)11-9-7-5-3-1-2-4-6-8-10-17-23-18-16-22;/h12-15H,1-11,16-18H2;/q-1;+1. The zero-order chi connectivity index (χ0) is 16.6. The van der Waals surface area contributed by atoms with Gasteiger partial charge in [-0.05, 0) is 37.0 Å². The molecule has 24 heavy (non-hydrogen) atoms. The first-order chi connectivity index (χ1) is 11.3. The average Bonchev–Trinajstić information content (AvgIpc) is 2.57. The molecule has 0 aliphatic rings. The molecule has 0 spiro atoms. The SMILES string of the molecule is [K+].[O-]CCOCCCCCCCCCCCCc1ccc(F)cc1. The van der Waals surface area contributed by atoms with Crippen molar-refractivity contribution >= 4 is 0 Å². The molecule has 0 saturated heterocycles. The molecule has 0 aromatic heterocycles. The molecule has 4 heteroatoms. The summed E-state index contributed by atoms with van der Waals surface area (Å²) in [6, 6.07) is 6.87. The van der Waals surface area contributed by atoms with Gasteiger partial charge < -0.3 is 9.84 Å². The Bertz CT molecular complexity index is 370. The smallest absolute Gasteiger partial charge is 0.853 e. The quantitative estimate of drug-likeness (QED) is 0.351. The molecule has 0 fully saturated rings. The van der Waals surface area contributed by atoms with Gasteiger partial charge in [0, 0.05) is 13.2 Å². The molecule has 0 N–H and O–H groups in total. The van der Waals surface area contributed by atoms with Crippen molar-refractivity contribution < 1.29 is 65.6 Å². The van der Waals surface area contributed by atoms with Gasteiger partial charge in [0.2, 0.25) is 0 Å². The molecule has 1 aromatic carbocycles. The predicted molar refractivity (Wildman–Crippen MR) is 92.0 cm³/mol. The van der Waals surface area contributed by atoms with E-state index in [4.69, 9.17) is 4.74 Å². The number of benzene rings is 1. The fourth-order valence-corrected chi connectivity index (χ4v) is 2.76. The van der Waals surface area contributed by atoms with Crippen LogP contribution >= 0.6 is 0 Å². The van der Waals surface area contributed by atoms with E-state index >= 15 is 0 Å². The molecule has 2 nitrogen and oxygen atoms in total. The second-order valence-electron chi connectivity index (χ2n) is 6.23. The Morgan fingerprint density at radius 2 is 1.21 bits per heavy atom. The van der Waals surface area contributed by atoms with Gasteiger partial charge in [0.1, 0.15) is 5.82 Å². The second kappa shape index (κ2) is 18.5. The summed E-state index contributed by atoms with van der Waals surface area (Å²) < 4.78 is 17.9. The van der Waals surface area contributed by atoms with Gasteiger partial charge >= 0.3 is 51.4 Å². The summed E-state index contributed by atoms with van der Waals surface area (Å²) in [4.78, 5) is 0. The van der Waals surface area contributed by atoms with Crippen LogP contribution in [0.5, 0.6) is 0 Å². The van der Waals surface area contributed by atoms with Crippen molar-refractivity contribution in [3.05, 3.63) is 35.6 Å². The van der Waals surface area contributed by atoms with Gasteiger partial charge in [0.25, 0.3) is 0 Å². The van der Waals surface area contributed by atoms with Gasteiger partial charge in [-0.2, -0.15) is 0 Å². The van der Waals surface area contributed by atoms with E-state index in [1.54, 1.807) is 12.1 Å². The zero-order valence-corrected chi connectivity index (χ0v) is 18.5. The van der Waals surface area contributed by atoms with E-state index < -0.39 is 0 Å². The number of hydrogen-bond donors (Lipinski definition) is 0. The summed E-state index contributed by atoms with van der Waals surface area (Å²) in [6.07, 6.45) is 13.8. The fraction of sp³-hybridized carbons (Fsp3) is 0.700. The Balaban J connectivity index is 0.00000529. The maximum absolute atomic E-state index is 12.8. The third-order valence-electron chi connectivity index (χ3n) is 4.15. The second-order valence-corrected chi connectivity index (χ2v) is 6.23. The molecule has 0 aliphatic heterocycles. The van der Waals surface area contributed by atoms with E-state index in [1.165, 1.54) is 63.4 Å². The monoisotopic (exact) mass is 362 g/mol. The first-order valence-electron chi connectivity index (χ1n) is 9.23. The van der Waals surface area contributed by atoms with E-state index in [1.807, 2.05) is 12.1 Å². The summed E-state index contributed by atoms with van der Waals surface area (Å²) >= 11 is 0. The predicted octanol–water partition coefficient (Wildman–Crippen LogP) is 1.65. The van der Waals surface area contributed by atoms with Crippen LogP contribution in [0.1, 0.15) is 69.8 Å². The molecule has 1 aromatic rings. The topological polar surface area (TPSA) is 32.3 Å². The first kappa shape index (κ1) is 24.7. The molecule has 0 atom stereocenters. The largest absolute Gasteiger partial charge is 1.00 e. The molecule has 0 heterocycles. The van der Waals surface area contributed by atoms with Crippen molar-refractivity contribution in [2.24, 2.45) is 0 Å². The zero-order valence-electron chi connectivity index (χ0n) is 15.4. The van der Waals surface area contributed by atoms with E-state index in [9.17, 15) is 9.50 Å². The van der Waals surface area contributed by atoms with Gasteiger partial charge in [0.05, 0.1) is 0 Å². The maximum atomic E-state index is 12.8. The third kappa shape index (κ3) is 15.0. The summed E-state index contributed by atoms with van der Waals surface area (Å²) in [5, 5.41) is 10.2. The van der Waals surface area contributed by atoms with Crippen molar-refractivity contribution in [1.82, 2.24) is 0 Å². The van der Waals surface area contributed by atoms with Crippen molar-refractivity contribution in [2.75, 3.05) is 19.8 Å².